The van der Waals surface area contributed by atoms with E-state index < -0.39 is 53.5 Å². The highest BCUT2D eigenvalue weighted by Gasteiger charge is 2.36. The molecule has 1 aliphatic carbocycles. The van der Waals surface area contributed by atoms with Crippen molar-refractivity contribution in [3.8, 4) is 22.6 Å². The van der Waals surface area contributed by atoms with E-state index in [1.807, 2.05) is 13.0 Å². The van der Waals surface area contributed by atoms with Crippen molar-refractivity contribution in [3.63, 3.8) is 0 Å². The summed E-state index contributed by atoms with van der Waals surface area (Å²) in [4.78, 5) is 39.3. The zero-order valence-electron chi connectivity index (χ0n) is 23.6. The summed E-state index contributed by atoms with van der Waals surface area (Å²) in [5.74, 6) is -2.52. The first kappa shape index (κ1) is 30.4. The molecular weight excluding hydrogens is 616 g/mol. The van der Waals surface area contributed by atoms with Gasteiger partial charge in [0.05, 0.1) is 18.0 Å². The number of halogens is 5. The van der Waals surface area contributed by atoms with Crippen molar-refractivity contribution in [2.45, 2.75) is 50.4 Å². The molecule has 3 aromatic carbocycles. The molecule has 0 radical (unpaired) electrons. The minimum Gasteiger partial charge on any atom is -0.481 e. The lowest BCUT2D eigenvalue weighted by molar-refractivity contribution is -0.138. The Labute approximate surface area is 259 Å². The van der Waals surface area contributed by atoms with E-state index in [9.17, 15) is 32.7 Å². The molecule has 12 heteroatoms. The Balaban J connectivity index is 1.63. The van der Waals surface area contributed by atoms with E-state index in [-0.39, 0.29) is 27.8 Å². The molecule has 2 atom stereocenters. The smallest absolute Gasteiger partial charge is 0.416 e. The zero-order valence-corrected chi connectivity index (χ0v) is 24.4. The number of ether oxygens (including phenoxy) is 1. The van der Waals surface area contributed by atoms with Crippen LogP contribution >= 0.6 is 11.6 Å². The summed E-state index contributed by atoms with van der Waals surface area (Å²) in [6.07, 6.45) is -3.27. The molecule has 1 fully saturated rings. The Morgan fingerprint density at radius 1 is 1.04 bits per heavy atom. The third-order valence-electron chi connectivity index (χ3n) is 8.03. The number of amides is 1. The van der Waals surface area contributed by atoms with Crippen LogP contribution in [0.2, 0.25) is 5.02 Å². The second-order valence-electron chi connectivity index (χ2n) is 11.2. The van der Waals surface area contributed by atoms with Crippen molar-refractivity contribution in [2.75, 3.05) is 0 Å². The van der Waals surface area contributed by atoms with Crippen LogP contribution in [0.4, 0.5) is 17.6 Å². The summed E-state index contributed by atoms with van der Waals surface area (Å²) in [5, 5.41) is 12.4. The fourth-order valence-electron chi connectivity index (χ4n) is 5.74. The van der Waals surface area contributed by atoms with Gasteiger partial charge in [0.15, 0.2) is 0 Å². The molecule has 4 aromatic rings. The number of pyridine rings is 1. The van der Waals surface area contributed by atoms with Crippen LogP contribution in [0.15, 0.2) is 71.7 Å². The first-order valence-electron chi connectivity index (χ1n) is 14.0. The van der Waals surface area contributed by atoms with Crippen LogP contribution in [0.5, 0.6) is 11.5 Å². The summed E-state index contributed by atoms with van der Waals surface area (Å²) in [7, 11) is 0. The van der Waals surface area contributed by atoms with Gasteiger partial charge in [-0.25, -0.2) is 4.39 Å². The lowest BCUT2D eigenvalue weighted by Crippen LogP contribution is -2.40. The van der Waals surface area contributed by atoms with Crippen LogP contribution in [0, 0.1) is 12.7 Å². The van der Waals surface area contributed by atoms with E-state index in [4.69, 9.17) is 16.3 Å². The highest BCUT2D eigenvalue weighted by Crippen LogP contribution is 2.47. The number of rotatable bonds is 4. The van der Waals surface area contributed by atoms with Gasteiger partial charge >= 0.3 is 12.1 Å². The topological polar surface area (TPSA) is 97.6 Å². The molecule has 1 aliphatic heterocycles. The number of carbonyl (C=O) groups excluding carboxylic acids is 1. The molecule has 7 nitrogen and oxygen atoms in total. The van der Waals surface area contributed by atoms with Crippen LogP contribution in [-0.2, 0) is 15.8 Å². The molecule has 0 spiro atoms. The van der Waals surface area contributed by atoms with Crippen molar-refractivity contribution in [1.29, 1.82) is 0 Å². The fraction of sp³-hybridized carbons (Fsp3) is 0.242. The normalized spacial score (nSPS) is 18.0. The molecule has 1 saturated carbocycles. The third-order valence-corrected chi connectivity index (χ3v) is 8.38. The van der Waals surface area contributed by atoms with E-state index in [0.29, 0.717) is 34.6 Å². The standard InChI is InChI=1S/C33H25ClF4N2O5/c1-16-3-2-4-26-29(16)18-11-21(17-5-6-17)30(35)23(12-18)25(15-28(42)43)39-32(44)31(22-14-20(45-26)7-8-24(22)34)40-10-9-19(13-27(40)41)33(36,37)38/h2-4,7-14,17,25,31H,5-6,15H2,1H3,(H,39,44)(H,42,43)/t25-,31-/m0/s1. The highest BCUT2D eigenvalue weighted by molar-refractivity contribution is 6.31. The molecule has 0 unspecified atom stereocenters. The number of alkyl halides is 3. The van der Waals surface area contributed by atoms with Gasteiger partial charge in [-0.05, 0) is 84.8 Å². The number of nitrogens with one attached hydrogen (secondary N) is 1. The van der Waals surface area contributed by atoms with E-state index in [1.165, 1.54) is 24.3 Å². The number of carboxylic acids is 1. The first-order chi connectivity index (χ1) is 21.3. The van der Waals surface area contributed by atoms with Crippen molar-refractivity contribution >= 4 is 23.5 Å². The number of nitrogens with zero attached hydrogens (tertiary/aromatic N) is 1. The second-order valence-corrected chi connectivity index (χ2v) is 11.6. The maximum atomic E-state index is 16.2. The minimum atomic E-state index is -4.82. The van der Waals surface area contributed by atoms with Crippen molar-refractivity contribution in [1.82, 2.24) is 9.88 Å². The number of benzene rings is 3. The first-order valence-corrected chi connectivity index (χ1v) is 14.4. The summed E-state index contributed by atoms with van der Waals surface area (Å²) < 4.78 is 63.4. The molecule has 6 rings (SSSR count). The Hall–Kier alpha value is -4.64. The van der Waals surface area contributed by atoms with Crippen molar-refractivity contribution < 1.29 is 37.0 Å². The molecule has 2 N–H and O–H groups in total. The van der Waals surface area contributed by atoms with Gasteiger partial charge in [-0.2, -0.15) is 13.2 Å². The minimum absolute atomic E-state index is 0.0121. The highest BCUT2D eigenvalue weighted by atomic mass is 35.5. The third kappa shape index (κ3) is 5.92. The second kappa shape index (κ2) is 11.4. The maximum absolute atomic E-state index is 16.2. The molecule has 45 heavy (non-hydrogen) atoms. The van der Waals surface area contributed by atoms with Crippen LogP contribution in [0.3, 0.4) is 0 Å². The molecule has 1 amide bonds. The van der Waals surface area contributed by atoms with Crippen LogP contribution in [0.1, 0.15) is 65.1 Å². The Bertz CT molecular complexity index is 1920. The predicted molar refractivity (Wildman–Crippen MR) is 157 cm³/mol. The SMILES string of the molecule is Cc1cccc2c1-c1cc(C3CC3)c(F)c(c1)[C@H](CC(=O)O)NC(=O)[C@@H](n1ccc(C(F)(F)F)cc1=O)c1cc(ccc1Cl)O2. The lowest BCUT2D eigenvalue weighted by Gasteiger charge is -2.26. The molecule has 0 saturated heterocycles. The molecular formula is C33H25ClF4N2O5. The monoisotopic (exact) mass is 640 g/mol. The largest absolute Gasteiger partial charge is 0.481 e. The van der Waals surface area contributed by atoms with E-state index in [1.54, 1.807) is 18.2 Å². The number of fused-ring (bicyclic) bond motifs is 6. The number of carboxylic acid groups (broad SMARTS) is 1. The quantitative estimate of drug-likeness (QED) is 0.225. The number of hydrogen-bond acceptors (Lipinski definition) is 4. The van der Waals surface area contributed by atoms with E-state index in [2.05, 4.69) is 5.32 Å². The number of carbonyl (C=O) groups is 2. The van der Waals surface area contributed by atoms with Gasteiger partial charge in [-0.1, -0.05) is 23.7 Å². The average Bonchev–Trinajstić information content (AvgIpc) is 3.80. The lowest BCUT2D eigenvalue weighted by atomic mass is 9.90. The van der Waals surface area contributed by atoms with Gasteiger partial charge in [-0.3, -0.25) is 19.0 Å². The van der Waals surface area contributed by atoms with Crippen LogP contribution in [0.25, 0.3) is 11.1 Å². The number of hydrogen-bond donors (Lipinski definition) is 2. The Morgan fingerprint density at radius 3 is 2.44 bits per heavy atom. The average molecular weight is 641 g/mol. The number of aliphatic carboxylic acids is 1. The molecule has 2 aliphatic rings. The van der Waals surface area contributed by atoms with Crippen molar-refractivity contribution in [3.05, 3.63) is 116 Å². The van der Waals surface area contributed by atoms with E-state index >= 15 is 4.39 Å². The molecule has 2 heterocycles. The Morgan fingerprint density at radius 2 is 1.78 bits per heavy atom. The van der Waals surface area contributed by atoms with Gasteiger partial charge in [0.2, 0.25) is 5.91 Å². The van der Waals surface area contributed by atoms with Gasteiger partial charge in [0, 0.05) is 34.0 Å². The summed E-state index contributed by atoms with van der Waals surface area (Å²) >= 11 is 6.53. The maximum Gasteiger partial charge on any atom is 0.416 e. The zero-order chi connectivity index (χ0) is 32.2. The summed E-state index contributed by atoms with van der Waals surface area (Å²) in [5.41, 5.74) is -0.172. The van der Waals surface area contributed by atoms with Crippen LogP contribution in [-0.4, -0.2) is 21.6 Å². The van der Waals surface area contributed by atoms with Crippen LogP contribution < -0.4 is 15.6 Å². The van der Waals surface area contributed by atoms with E-state index in [0.717, 1.165) is 29.2 Å². The van der Waals surface area contributed by atoms with Gasteiger partial charge in [0.25, 0.3) is 5.56 Å². The fourth-order valence-corrected chi connectivity index (χ4v) is 5.96. The molecule has 1 aromatic heterocycles. The molecule has 4 bridgehead atoms. The molecule has 232 valence electrons. The van der Waals surface area contributed by atoms with Gasteiger partial charge < -0.3 is 15.2 Å². The Kier molecular flexibility index (Phi) is 7.68. The number of aryl methyl sites for hydroxylation is 1. The van der Waals surface area contributed by atoms with Gasteiger partial charge in [-0.15, -0.1) is 0 Å². The predicted octanol–water partition coefficient (Wildman–Crippen LogP) is 7.54. The summed E-state index contributed by atoms with van der Waals surface area (Å²) in [6.45, 7) is 1.84. The van der Waals surface area contributed by atoms with Gasteiger partial charge in [0.1, 0.15) is 23.4 Å². The summed E-state index contributed by atoms with van der Waals surface area (Å²) in [6, 6.07) is 10.7. The van der Waals surface area contributed by atoms with Crippen molar-refractivity contribution in [2.24, 2.45) is 0 Å². The number of aromatic nitrogens is 1.